The molecule has 0 radical (unpaired) electrons. The van der Waals surface area contributed by atoms with Crippen LogP contribution in [0, 0.1) is 5.92 Å². The second-order valence-corrected chi connectivity index (χ2v) is 7.68. The van der Waals surface area contributed by atoms with Gasteiger partial charge in [0.25, 0.3) is 5.56 Å². The Morgan fingerprint density at radius 2 is 1.73 bits per heavy atom. The quantitative estimate of drug-likeness (QED) is 0.689. The van der Waals surface area contributed by atoms with Crippen molar-refractivity contribution in [1.29, 1.82) is 0 Å². The van der Waals surface area contributed by atoms with E-state index in [1.807, 2.05) is 60.7 Å². The highest BCUT2D eigenvalue weighted by atomic mass is 16.2. The van der Waals surface area contributed by atoms with Crippen LogP contribution in [0.5, 0.6) is 0 Å². The monoisotopic (exact) mass is 402 g/mol. The SMILES string of the molecule is O=C(NCc1ccccc1)[C@@H]1CCCN(c2cnn(Cc3ccccc3)c(=O)c2)C1. The molecule has 3 aromatic rings. The predicted octanol–water partition coefficient (Wildman–Crippen LogP) is 2.82. The number of nitrogens with one attached hydrogen (secondary N) is 1. The first-order chi connectivity index (χ1) is 14.7. The number of piperidine rings is 1. The molecular weight excluding hydrogens is 376 g/mol. The van der Waals surface area contributed by atoms with Crippen molar-refractivity contribution in [2.75, 3.05) is 18.0 Å². The number of nitrogens with zero attached hydrogens (tertiary/aromatic N) is 3. The number of carbonyl (C=O) groups excluding carboxylic acids is 1. The van der Waals surface area contributed by atoms with Crippen LogP contribution in [0.2, 0.25) is 0 Å². The molecule has 1 saturated heterocycles. The molecule has 1 aromatic heterocycles. The van der Waals surface area contributed by atoms with Crippen molar-refractivity contribution in [3.05, 3.63) is 94.4 Å². The topological polar surface area (TPSA) is 67.2 Å². The van der Waals surface area contributed by atoms with Gasteiger partial charge in [0.15, 0.2) is 0 Å². The van der Waals surface area contributed by atoms with E-state index in [0.717, 1.165) is 36.2 Å². The molecule has 1 N–H and O–H groups in total. The summed E-state index contributed by atoms with van der Waals surface area (Å²) in [6.45, 7) is 2.41. The summed E-state index contributed by atoms with van der Waals surface area (Å²) >= 11 is 0. The first kappa shape index (κ1) is 19.9. The van der Waals surface area contributed by atoms with Gasteiger partial charge in [0.2, 0.25) is 5.91 Å². The Bertz CT molecular complexity index is 1030. The van der Waals surface area contributed by atoms with Crippen LogP contribution >= 0.6 is 0 Å². The highest BCUT2D eigenvalue weighted by molar-refractivity contribution is 5.79. The number of aromatic nitrogens is 2. The largest absolute Gasteiger partial charge is 0.369 e. The van der Waals surface area contributed by atoms with Gasteiger partial charge in [0, 0.05) is 25.7 Å². The molecule has 0 unspecified atom stereocenters. The van der Waals surface area contributed by atoms with Crippen LogP contribution in [-0.2, 0) is 17.9 Å². The molecule has 1 aliphatic heterocycles. The molecule has 2 heterocycles. The van der Waals surface area contributed by atoms with E-state index >= 15 is 0 Å². The Labute approximate surface area is 176 Å². The molecule has 0 spiro atoms. The van der Waals surface area contributed by atoms with Crippen LogP contribution in [0.25, 0.3) is 0 Å². The molecule has 0 saturated carbocycles. The third-order valence-corrected chi connectivity index (χ3v) is 5.50. The summed E-state index contributed by atoms with van der Waals surface area (Å²) in [6, 6.07) is 21.3. The second-order valence-electron chi connectivity index (χ2n) is 7.68. The Kier molecular flexibility index (Phi) is 6.23. The molecule has 1 amide bonds. The fourth-order valence-electron chi connectivity index (χ4n) is 3.83. The van der Waals surface area contributed by atoms with Crippen molar-refractivity contribution >= 4 is 11.6 Å². The standard InChI is InChI=1S/C24H26N4O2/c29-23-14-22(16-26-28(23)17-20-10-5-2-6-11-20)27-13-7-12-21(18-27)24(30)25-15-19-8-3-1-4-9-19/h1-6,8-11,14,16,21H,7,12-13,15,17-18H2,(H,25,30)/t21-/m1/s1. The van der Waals surface area contributed by atoms with E-state index in [1.54, 1.807) is 12.3 Å². The summed E-state index contributed by atoms with van der Waals surface area (Å²) in [5.41, 5.74) is 2.77. The van der Waals surface area contributed by atoms with Crippen LogP contribution in [0.4, 0.5) is 5.69 Å². The minimum absolute atomic E-state index is 0.0638. The van der Waals surface area contributed by atoms with Gasteiger partial charge < -0.3 is 10.2 Å². The third-order valence-electron chi connectivity index (χ3n) is 5.50. The van der Waals surface area contributed by atoms with Crippen LogP contribution in [0.15, 0.2) is 77.7 Å². The van der Waals surface area contributed by atoms with Crippen molar-refractivity contribution in [3.63, 3.8) is 0 Å². The maximum atomic E-state index is 12.7. The van der Waals surface area contributed by atoms with Crippen molar-refractivity contribution in [2.24, 2.45) is 5.92 Å². The molecule has 0 aliphatic carbocycles. The highest BCUT2D eigenvalue weighted by Gasteiger charge is 2.26. The molecule has 154 valence electrons. The lowest BCUT2D eigenvalue weighted by atomic mass is 9.96. The van der Waals surface area contributed by atoms with E-state index in [-0.39, 0.29) is 17.4 Å². The Morgan fingerprint density at radius 1 is 1.03 bits per heavy atom. The van der Waals surface area contributed by atoms with Crippen molar-refractivity contribution in [1.82, 2.24) is 15.1 Å². The summed E-state index contributed by atoms with van der Waals surface area (Å²) in [7, 11) is 0. The molecular formula is C24H26N4O2. The van der Waals surface area contributed by atoms with Gasteiger partial charge in [-0.1, -0.05) is 60.7 Å². The van der Waals surface area contributed by atoms with Gasteiger partial charge in [0.05, 0.1) is 24.3 Å². The third kappa shape index (κ3) is 4.95. The fourth-order valence-corrected chi connectivity index (χ4v) is 3.83. The van der Waals surface area contributed by atoms with E-state index < -0.39 is 0 Å². The number of anilines is 1. The van der Waals surface area contributed by atoms with E-state index in [2.05, 4.69) is 15.3 Å². The predicted molar refractivity (Wildman–Crippen MR) is 117 cm³/mol. The zero-order chi connectivity index (χ0) is 20.8. The van der Waals surface area contributed by atoms with Crippen molar-refractivity contribution in [2.45, 2.75) is 25.9 Å². The summed E-state index contributed by atoms with van der Waals surface area (Å²) in [6.07, 6.45) is 3.50. The Balaban J connectivity index is 1.38. The lowest BCUT2D eigenvalue weighted by Gasteiger charge is -2.33. The van der Waals surface area contributed by atoms with E-state index in [0.29, 0.717) is 19.6 Å². The zero-order valence-electron chi connectivity index (χ0n) is 16.9. The number of benzene rings is 2. The molecule has 2 aromatic carbocycles. The van der Waals surface area contributed by atoms with Gasteiger partial charge in [-0.3, -0.25) is 9.59 Å². The summed E-state index contributed by atoms with van der Waals surface area (Å²) in [4.78, 5) is 27.3. The summed E-state index contributed by atoms with van der Waals surface area (Å²) < 4.78 is 1.47. The fraction of sp³-hybridized carbons (Fsp3) is 0.292. The Morgan fingerprint density at radius 3 is 2.43 bits per heavy atom. The van der Waals surface area contributed by atoms with Crippen LogP contribution in [-0.4, -0.2) is 28.8 Å². The summed E-state index contributed by atoms with van der Waals surface area (Å²) in [5, 5.41) is 7.40. The van der Waals surface area contributed by atoms with Gasteiger partial charge >= 0.3 is 0 Å². The molecule has 6 nitrogen and oxygen atoms in total. The average molecular weight is 402 g/mol. The molecule has 6 heteroatoms. The Hall–Kier alpha value is -3.41. The first-order valence-corrected chi connectivity index (χ1v) is 10.4. The van der Waals surface area contributed by atoms with Crippen LogP contribution < -0.4 is 15.8 Å². The summed E-state index contributed by atoms with van der Waals surface area (Å²) in [5.74, 6) is -0.0249. The van der Waals surface area contributed by atoms with Gasteiger partial charge in [0.1, 0.15) is 0 Å². The number of hydrogen-bond donors (Lipinski definition) is 1. The lowest BCUT2D eigenvalue weighted by molar-refractivity contribution is -0.125. The molecule has 1 fully saturated rings. The van der Waals surface area contributed by atoms with Gasteiger partial charge in [-0.2, -0.15) is 5.10 Å². The number of rotatable bonds is 6. The maximum Gasteiger partial charge on any atom is 0.269 e. The van der Waals surface area contributed by atoms with Crippen molar-refractivity contribution in [3.8, 4) is 0 Å². The molecule has 4 rings (SSSR count). The normalized spacial score (nSPS) is 16.3. The number of amides is 1. The van der Waals surface area contributed by atoms with E-state index in [9.17, 15) is 9.59 Å². The first-order valence-electron chi connectivity index (χ1n) is 10.4. The van der Waals surface area contributed by atoms with E-state index in [4.69, 9.17) is 0 Å². The molecule has 1 atom stereocenters. The van der Waals surface area contributed by atoms with Gasteiger partial charge in [-0.25, -0.2) is 4.68 Å². The van der Waals surface area contributed by atoms with Crippen molar-refractivity contribution < 1.29 is 4.79 Å². The number of carbonyl (C=O) groups is 1. The van der Waals surface area contributed by atoms with Crippen LogP contribution in [0.3, 0.4) is 0 Å². The smallest absolute Gasteiger partial charge is 0.269 e. The zero-order valence-corrected chi connectivity index (χ0v) is 16.9. The van der Waals surface area contributed by atoms with Gasteiger partial charge in [-0.05, 0) is 24.0 Å². The average Bonchev–Trinajstić information content (AvgIpc) is 2.80. The highest BCUT2D eigenvalue weighted by Crippen LogP contribution is 2.22. The molecule has 30 heavy (non-hydrogen) atoms. The molecule has 1 aliphatic rings. The second kappa shape index (κ2) is 9.39. The minimum atomic E-state index is -0.132. The minimum Gasteiger partial charge on any atom is -0.369 e. The van der Waals surface area contributed by atoms with Gasteiger partial charge in [-0.15, -0.1) is 0 Å². The van der Waals surface area contributed by atoms with Crippen LogP contribution in [0.1, 0.15) is 24.0 Å². The number of hydrogen-bond acceptors (Lipinski definition) is 4. The van der Waals surface area contributed by atoms with E-state index in [1.165, 1.54) is 4.68 Å². The maximum absolute atomic E-state index is 12.7. The lowest BCUT2D eigenvalue weighted by Crippen LogP contribution is -2.43. The molecule has 0 bridgehead atoms.